The number of benzene rings is 1. The summed E-state index contributed by atoms with van der Waals surface area (Å²) in [5, 5.41) is 3.00. The standard InChI is InChI=1S/C20H23F3N4O/c1-14(15-5-3-2-4-6-15)12-24-19(28)16-7-9-27(10-8-16)18-11-17(20(21,22)23)25-13-26-18/h2-6,11,13-14,16H,7-10,12H2,1H3,(H,24,28). The Morgan fingerprint density at radius 2 is 1.89 bits per heavy atom. The SMILES string of the molecule is CC(CNC(=O)C1CCN(c2cc(C(F)(F)F)ncn2)CC1)c1ccccc1. The molecule has 0 saturated carbocycles. The Bertz CT molecular complexity index is 790. The van der Waals surface area contributed by atoms with Crippen molar-refractivity contribution in [2.75, 3.05) is 24.5 Å². The fourth-order valence-corrected chi connectivity index (χ4v) is 3.34. The van der Waals surface area contributed by atoms with Crippen molar-refractivity contribution in [1.82, 2.24) is 15.3 Å². The largest absolute Gasteiger partial charge is 0.433 e. The summed E-state index contributed by atoms with van der Waals surface area (Å²) in [4.78, 5) is 21.5. The second kappa shape index (κ2) is 8.58. The summed E-state index contributed by atoms with van der Waals surface area (Å²) in [5.74, 6) is 0.329. The molecule has 0 spiro atoms. The van der Waals surface area contributed by atoms with Gasteiger partial charge >= 0.3 is 6.18 Å². The summed E-state index contributed by atoms with van der Waals surface area (Å²) in [6.07, 6.45) is -2.40. The van der Waals surface area contributed by atoms with Gasteiger partial charge in [0.2, 0.25) is 5.91 Å². The molecule has 0 bridgehead atoms. The number of hydrogen-bond acceptors (Lipinski definition) is 4. The fourth-order valence-electron chi connectivity index (χ4n) is 3.34. The van der Waals surface area contributed by atoms with Crippen LogP contribution in [-0.4, -0.2) is 35.5 Å². The molecule has 1 aliphatic heterocycles. The van der Waals surface area contributed by atoms with Crippen LogP contribution in [0.5, 0.6) is 0 Å². The quantitative estimate of drug-likeness (QED) is 0.844. The van der Waals surface area contributed by atoms with Crippen LogP contribution in [0.1, 0.15) is 36.9 Å². The molecule has 1 atom stereocenters. The highest BCUT2D eigenvalue weighted by atomic mass is 19.4. The third-order valence-corrected chi connectivity index (χ3v) is 5.08. The number of anilines is 1. The van der Waals surface area contributed by atoms with Crippen LogP contribution in [0.2, 0.25) is 0 Å². The molecule has 28 heavy (non-hydrogen) atoms. The van der Waals surface area contributed by atoms with Crippen molar-refractivity contribution in [3.8, 4) is 0 Å². The minimum Gasteiger partial charge on any atom is -0.356 e. The Hall–Kier alpha value is -2.64. The second-order valence-electron chi connectivity index (χ2n) is 7.08. The molecule has 1 amide bonds. The lowest BCUT2D eigenvalue weighted by Crippen LogP contribution is -2.41. The van der Waals surface area contributed by atoms with E-state index < -0.39 is 11.9 Å². The molecule has 1 unspecified atom stereocenters. The normalized spacial score (nSPS) is 16.6. The maximum Gasteiger partial charge on any atom is 0.433 e. The van der Waals surface area contributed by atoms with Gasteiger partial charge in [0, 0.05) is 31.6 Å². The van der Waals surface area contributed by atoms with Crippen molar-refractivity contribution >= 4 is 11.7 Å². The summed E-state index contributed by atoms with van der Waals surface area (Å²) in [7, 11) is 0. The number of aromatic nitrogens is 2. The fraction of sp³-hybridized carbons (Fsp3) is 0.450. The summed E-state index contributed by atoms with van der Waals surface area (Å²) < 4.78 is 38.4. The van der Waals surface area contributed by atoms with Crippen molar-refractivity contribution in [3.05, 3.63) is 54.0 Å². The van der Waals surface area contributed by atoms with E-state index in [1.54, 1.807) is 4.90 Å². The van der Waals surface area contributed by atoms with E-state index in [2.05, 4.69) is 22.2 Å². The molecular formula is C20H23F3N4O. The molecule has 1 N–H and O–H groups in total. The number of carbonyl (C=O) groups is 1. The van der Waals surface area contributed by atoms with Crippen LogP contribution in [0.15, 0.2) is 42.7 Å². The van der Waals surface area contributed by atoms with E-state index >= 15 is 0 Å². The van der Waals surface area contributed by atoms with Gasteiger partial charge < -0.3 is 10.2 Å². The lowest BCUT2D eigenvalue weighted by molar-refractivity contribution is -0.141. The number of halogens is 3. The Morgan fingerprint density at radius 1 is 1.21 bits per heavy atom. The van der Waals surface area contributed by atoms with Crippen molar-refractivity contribution in [2.24, 2.45) is 5.92 Å². The van der Waals surface area contributed by atoms with Crippen LogP contribution >= 0.6 is 0 Å². The smallest absolute Gasteiger partial charge is 0.356 e. The molecular weight excluding hydrogens is 369 g/mol. The molecule has 8 heteroatoms. The maximum absolute atomic E-state index is 12.8. The highest BCUT2D eigenvalue weighted by Gasteiger charge is 2.34. The third-order valence-electron chi connectivity index (χ3n) is 5.08. The molecule has 1 aromatic carbocycles. The first-order chi connectivity index (χ1) is 13.3. The van der Waals surface area contributed by atoms with Crippen LogP contribution in [0.25, 0.3) is 0 Å². The molecule has 0 radical (unpaired) electrons. The number of rotatable bonds is 5. The van der Waals surface area contributed by atoms with Crippen molar-refractivity contribution in [1.29, 1.82) is 0 Å². The second-order valence-corrected chi connectivity index (χ2v) is 7.08. The Labute approximate surface area is 162 Å². The molecule has 5 nitrogen and oxygen atoms in total. The van der Waals surface area contributed by atoms with Gasteiger partial charge in [-0.3, -0.25) is 4.79 Å². The van der Waals surface area contributed by atoms with E-state index in [1.165, 1.54) is 5.56 Å². The number of carbonyl (C=O) groups excluding carboxylic acids is 1. The van der Waals surface area contributed by atoms with Crippen molar-refractivity contribution in [3.63, 3.8) is 0 Å². The molecule has 1 aromatic heterocycles. The summed E-state index contributed by atoms with van der Waals surface area (Å²) in [6, 6.07) is 10.9. The van der Waals surface area contributed by atoms with E-state index in [9.17, 15) is 18.0 Å². The van der Waals surface area contributed by atoms with Crippen LogP contribution < -0.4 is 10.2 Å². The zero-order valence-corrected chi connectivity index (χ0v) is 15.6. The average molecular weight is 392 g/mol. The zero-order chi connectivity index (χ0) is 20.1. The van der Waals surface area contributed by atoms with Crippen LogP contribution in [-0.2, 0) is 11.0 Å². The summed E-state index contributed by atoms with van der Waals surface area (Å²) in [6.45, 7) is 3.59. The van der Waals surface area contributed by atoms with Gasteiger partial charge in [-0.15, -0.1) is 0 Å². The van der Waals surface area contributed by atoms with Gasteiger partial charge in [0.1, 0.15) is 17.8 Å². The molecule has 3 rings (SSSR count). The number of hydrogen-bond donors (Lipinski definition) is 1. The number of alkyl halides is 3. The summed E-state index contributed by atoms with van der Waals surface area (Å²) in [5.41, 5.74) is 0.217. The molecule has 0 aliphatic carbocycles. The first kappa shape index (κ1) is 20.1. The maximum atomic E-state index is 12.8. The van der Waals surface area contributed by atoms with Gasteiger partial charge in [-0.25, -0.2) is 9.97 Å². The minimum absolute atomic E-state index is 0.00102. The van der Waals surface area contributed by atoms with Gasteiger partial charge in [0.15, 0.2) is 0 Å². The van der Waals surface area contributed by atoms with E-state index in [4.69, 9.17) is 0 Å². The predicted octanol–water partition coefficient (Wildman–Crippen LogP) is 3.63. The average Bonchev–Trinajstić information content (AvgIpc) is 2.72. The number of nitrogens with one attached hydrogen (secondary N) is 1. The molecule has 1 saturated heterocycles. The van der Waals surface area contributed by atoms with Crippen LogP contribution in [0, 0.1) is 5.92 Å². The topological polar surface area (TPSA) is 58.1 Å². The highest BCUT2D eigenvalue weighted by Crippen LogP contribution is 2.30. The number of amides is 1. The molecule has 150 valence electrons. The van der Waals surface area contributed by atoms with Gasteiger partial charge in [-0.05, 0) is 24.3 Å². The third kappa shape index (κ3) is 4.99. The highest BCUT2D eigenvalue weighted by molar-refractivity contribution is 5.79. The number of nitrogens with zero attached hydrogens (tertiary/aromatic N) is 3. The van der Waals surface area contributed by atoms with Gasteiger partial charge in [-0.1, -0.05) is 37.3 Å². The zero-order valence-electron chi connectivity index (χ0n) is 15.6. The van der Waals surface area contributed by atoms with Gasteiger partial charge in [0.05, 0.1) is 0 Å². The first-order valence-corrected chi connectivity index (χ1v) is 9.31. The lowest BCUT2D eigenvalue weighted by Gasteiger charge is -2.32. The lowest BCUT2D eigenvalue weighted by atomic mass is 9.95. The molecule has 1 aliphatic rings. The minimum atomic E-state index is -4.49. The van der Waals surface area contributed by atoms with Crippen molar-refractivity contribution < 1.29 is 18.0 Å². The Balaban J connectivity index is 1.50. The van der Waals surface area contributed by atoms with Crippen molar-refractivity contribution in [2.45, 2.75) is 31.9 Å². The monoisotopic (exact) mass is 392 g/mol. The molecule has 2 aromatic rings. The Kier molecular flexibility index (Phi) is 6.16. The number of piperidine rings is 1. The van der Waals surface area contributed by atoms with Gasteiger partial charge in [0.25, 0.3) is 0 Å². The van der Waals surface area contributed by atoms with E-state index in [0.717, 1.165) is 12.4 Å². The molecule has 2 heterocycles. The molecule has 1 fully saturated rings. The van der Waals surface area contributed by atoms with E-state index in [-0.39, 0.29) is 23.6 Å². The van der Waals surface area contributed by atoms with Gasteiger partial charge in [-0.2, -0.15) is 13.2 Å². The predicted molar refractivity (Wildman–Crippen MR) is 99.8 cm³/mol. The van der Waals surface area contributed by atoms with E-state index in [1.807, 2.05) is 30.3 Å². The van der Waals surface area contributed by atoms with Crippen LogP contribution in [0.4, 0.5) is 19.0 Å². The summed E-state index contributed by atoms with van der Waals surface area (Å²) >= 11 is 0. The van der Waals surface area contributed by atoms with E-state index in [0.29, 0.717) is 32.5 Å². The first-order valence-electron chi connectivity index (χ1n) is 9.31. The van der Waals surface area contributed by atoms with Crippen LogP contribution in [0.3, 0.4) is 0 Å². The Morgan fingerprint density at radius 3 is 2.54 bits per heavy atom.